The lowest BCUT2D eigenvalue weighted by molar-refractivity contribution is -0.120. The number of anilines is 1. The van der Waals surface area contributed by atoms with Gasteiger partial charge in [-0.1, -0.05) is 48.5 Å². The van der Waals surface area contributed by atoms with E-state index in [2.05, 4.69) is 55.6 Å². The number of hydrogen-bond acceptors (Lipinski definition) is 4. The van der Waals surface area contributed by atoms with Crippen LogP contribution in [0.25, 0.3) is 16.8 Å². The number of nitriles is 1. The van der Waals surface area contributed by atoms with Gasteiger partial charge >= 0.3 is 0 Å². The first-order chi connectivity index (χ1) is 15.0. The summed E-state index contributed by atoms with van der Waals surface area (Å²) in [5.74, 6) is 0.583. The van der Waals surface area contributed by atoms with Crippen molar-refractivity contribution in [2.75, 3.05) is 18.0 Å². The van der Waals surface area contributed by atoms with Crippen LogP contribution < -0.4 is 15.0 Å². The Morgan fingerprint density at radius 3 is 2.71 bits per heavy atom. The topological polar surface area (TPSA) is 65.4 Å². The smallest absolute Gasteiger partial charge is 0.240 e. The van der Waals surface area contributed by atoms with Crippen LogP contribution in [0.1, 0.15) is 25.0 Å². The van der Waals surface area contributed by atoms with Gasteiger partial charge in [0.1, 0.15) is 18.8 Å². The number of hydrogen-bond donors (Lipinski definition) is 1. The molecule has 1 N–H and O–H groups in total. The first kappa shape index (κ1) is 19.2. The molecule has 0 aliphatic carbocycles. The molecule has 0 aromatic heterocycles. The van der Waals surface area contributed by atoms with Crippen LogP contribution in [0.5, 0.6) is 5.75 Å². The summed E-state index contributed by atoms with van der Waals surface area (Å²) in [6.45, 7) is 4.37. The van der Waals surface area contributed by atoms with Gasteiger partial charge in [0.15, 0.2) is 0 Å². The number of nitrogens with zero attached hydrogens (tertiary/aromatic N) is 2. The van der Waals surface area contributed by atoms with Crippen LogP contribution in [0.3, 0.4) is 0 Å². The number of carbonyl (C=O) groups excluding carboxylic acids is 1. The molecular weight excluding hydrogens is 386 g/mol. The average Bonchev–Trinajstić information content (AvgIpc) is 2.96. The number of rotatable bonds is 3. The van der Waals surface area contributed by atoms with Gasteiger partial charge in [0.2, 0.25) is 11.6 Å². The Morgan fingerprint density at radius 1 is 1.10 bits per heavy atom. The lowest BCUT2D eigenvalue weighted by atomic mass is 9.76. The first-order valence-electron chi connectivity index (χ1n) is 10.4. The van der Waals surface area contributed by atoms with Crippen molar-refractivity contribution in [1.29, 1.82) is 5.26 Å². The molecule has 1 spiro atoms. The zero-order valence-electron chi connectivity index (χ0n) is 17.6. The number of benzene rings is 3. The fourth-order valence-electron chi connectivity index (χ4n) is 4.90. The predicted octanol–water partition coefficient (Wildman–Crippen LogP) is 4.38. The van der Waals surface area contributed by atoms with Crippen LogP contribution in [0.2, 0.25) is 0 Å². The summed E-state index contributed by atoms with van der Waals surface area (Å²) in [7, 11) is 0. The van der Waals surface area contributed by atoms with E-state index in [1.165, 1.54) is 0 Å². The Morgan fingerprint density at radius 2 is 1.87 bits per heavy atom. The summed E-state index contributed by atoms with van der Waals surface area (Å²) in [5.41, 5.74) is 1.85. The molecule has 5 rings (SSSR count). The average molecular weight is 409 g/mol. The summed E-state index contributed by atoms with van der Waals surface area (Å²) in [4.78, 5) is 14.7. The number of nitrogens with one attached hydrogen (secondary N) is 1. The van der Waals surface area contributed by atoms with Crippen molar-refractivity contribution in [1.82, 2.24) is 5.32 Å². The van der Waals surface area contributed by atoms with Crippen LogP contribution in [0.15, 0.2) is 66.7 Å². The molecule has 5 heteroatoms. The van der Waals surface area contributed by atoms with E-state index in [0.717, 1.165) is 33.3 Å². The molecule has 2 aliphatic rings. The van der Waals surface area contributed by atoms with Crippen LogP contribution in [-0.4, -0.2) is 24.7 Å². The van der Waals surface area contributed by atoms with E-state index in [0.29, 0.717) is 0 Å². The number of para-hydroxylation sites is 1. The Kier molecular flexibility index (Phi) is 4.26. The van der Waals surface area contributed by atoms with Gasteiger partial charge in [-0.15, -0.1) is 0 Å². The summed E-state index contributed by atoms with van der Waals surface area (Å²) in [6.07, 6.45) is 4.20. The van der Waals surface area contributed by atoms with Crippen molar-refractivity contribution in [3.63, 3.8) is 0 Å². The maximum absolute atomic E-state index is 12.6. The highest BCUT2D eigenvalue weighted by Gasteiger charge is 2.59. The minimum atomic E-state index is -0.865. The molecule has 31 heavy (non-hydrogen) atoms. The predicted molar refractivity (Wildman–Crippen MR) is 122 cm³/mol. The molecule has 0 unspecified atom stereocenters. The second-order valence-electron chi connectivity index (χ2n) is 8.49. The maximum atomic E-state index is 12.6. The van der Waals surface area contributed by atoms with Crippen molar-refractivity contribution in [3.8, 4) is 11.8 Å². The Hall–Kier alpha value is -3.78. The molecule has 2 heterocycles. The van der Waals surface area contributed by atoms with Gasteiger partial charge in [0.25, 0.3) is 0 Å². The van der Waals surface area contributed by atoms with Gasteiger partial charge in [-0.2, -0.15) is 5.26 Å². The Balaban J connectivity index is 1.64. The highest BCUT2D eigenvalue weighted by atomic mass is 16.5. The molecule has 154 valence electrons. The van der Waals surface area contributed by atoms with Gasteiger partial charge < -0.3 is 15.0 Å². The minimum Gasteiger partial charge on any atom is -0.463 e. The van der Waals surface area contributed by atoms with E-state index >= 15 is 0 Å². The van der Waals surface area contributed by atoms with Crippen molar-refractivity contribution < 1.29 is 9.53 Å². The molecule has 5 nitrogen and oxygen atoms in total. The molecule has 0 saturated carbocycles. The molecule has 3 aromatic carbocycles. The van der Waals surface area contributed by atoms with Crippen molar-refractivity contribution >= 4 is 28.4 Å². The lowest BCUT2D eigenvalue weighted by Crippen LogP contribution is -2.61. The normalized spacial score (nSPS) is 20.1. The lowest BCUT2D eigenvalue weighted by Gasteiger charge is -2.47. The molecule has 0 fully saturated rings. The van der Waals surface area contributed by atoms with Crippen molar-refractivity contribution in [2.45, 2.75) is 25.0 Å². The van der Waals surface area contributed by atoms with Crippen molar-refractivity contribution in [2.24, 2.45) is 0 Å². The summed E-state index contributed by atoms with van der Waals surface area (Å²) in [6, 6.07) is 22.4. The number of fused-ring (bicyclic) bond motifs is 4. The quantitative estimate of drug-likeness (QED) is 0.652. The van der Waals surface area contributed by atoms with E-state index in [-0.39, 0.29) is 19.0 Å². The molecule has 3 aromatic rings. The molecule has 1 atom stereocenters. The minimum absolute atomic E-state index is 0.0176. The SMILES string of the molecule is CC1(C)c2ccccc2N(CC(=O)NCC#N)[C@]12C=Cc1c(ccc3ccccc13)O2. The number of amides is 1. The van der Waals surface area contributed by atoms with Gasteiger partial charge in [-0.25, -0.2) is 0 Å². The van der Waals surface area contributed by atoms with Gasteiger partial charge in [0, 0.05) is 11.3 Å². The van der Waals surface area contributed by atoms with Crippen LogP contribution in [-0.2, 0) is 10.2 Å². The summed E-state index contributed by atoms with van der Waals surface area (Å²) < 4.78 is 6.80. The summed E-state index contributed by atoms with van der Waals surface area (Å²) in [5, 5.41) is 13.8. The zero-order chi connectivity index (χ0) is 21.6. The van der Waals surface area contributed by atoms with E-state index in [9.17, 15) is 4.79 Å². The fraction of sp³-hybridized carbons (Fsp3) is 0.231. The van der Waals surface area contributed by atoms with Gasteiger partial charge in [-0.3, -0.25) is 4.79 Å². The zero-order valence-corrected chi connectivity index (χ0v) is 17.6. The maximum Gasteiger partial charge on any atom is 0.240 e. The second-order valence-corrected chi connectivity index (χ2v) is 8.49. The molecule has 1 amide bonds. The van der Waals surface area contributed by atoms with E-state index < -0.39 is 11.1 Å². The third-order valence-corrected chi connectivity index (χ3v) is 6.50. The Bertz CT molecular complexity index is 1270. The van der Waals surface area contributed by atoms with Crippen molar-refractivity contribution in [3.05, 3.63) is 77.9 Å². The number of ether oxygens (including phenoxy) is 1. The van der Waals surface area contributed by atoms with Gasteiger partial charge in [-0.05, 0) is 54.5 Å². The highest BCUT2D eigenvalue weighted by Crippen LogP contribution is 2.55. The van der Waals surface area contributed by atoms with Gasteiger partial charge in [0.05, 0.1) is 11.5 Å². The van der Waals surface area contributed by atoms with E-state index in [1.807, 2.05) is 47.4 Å². The molecule has 0 radical (unpaired) electrons. The summed E-state index contributed by atoms with van der Waals surface area (Å²) >= 11 is 0. The monoisotopic (exact) mass is 409 g/mol. The first-order valence-corrected chi connectivity index (χ1v) is 10.4. The molecular formula is C26H23N3O2. The number of carbonyl (C=O) groups is 1. The third-order valence-electron chi connectivity index (χ3n) is 6.50. The molecule has 0 saturated heterocycles. The second kappa shape index (κ2) is 6.88. The van der Waals surface area contributed by atoms with Crippen LogP contribution in [0.4, 0.5) is 5.69 Å². The standard InChI is InChI=1S/C26H23N3O2/c1-25(2)21-9-5-6-10-22(21)29(17-24(30)28-16-15-27)26(25)14-13-20-19-8-4-3-7-18(19)11-12-23(20)31-26/h3-14H,16-17H2,1-2H3,(H,28,30)/t26-/m0/s1. The van der Waals surface area contributed by atoms with Crippen LogP contribution >= 0.6 is 0 Å². The molecule has 0 bridgehead atoms. The fourth-order valence-corrected chi connectivity index (χ4v) is 4.90. The highest BCUT2D eigenvalue weighted by molar-refractivity contribution is 5.94. The Labute approximate surface area is 181 Å². The van der Waals surface area contributed by atoms with E-state index in [1.54, 1.807) is 0 Å². The van der Waals surface area contributed by atoms with E-state index in [4.69, 9.17) is 10.00 Å². The molecule has 2 aliphatic heterocycles. The largest absolute Gasteiger partial charge is 0.463 e. The van der Waals surface area contributed by atoms with Crippen LogP contribution in [0, 0.1) is 11.3 Å². The third kappa shape index (κ3) is 2.72.